The fourth-order valence-corrected chi connectivity index (χ4v) is 12.9. The molecule has 0 spiro atoms. The number of benzene rings is 2. The summed E-state index contributed by atoms with van der Waals surface area (Å²) in [5.74, 6) is 0. The van der Waals surface area contributed by atoms with Gasteiger partial charge in [-0.3, -0.25) is 0 Å². The molecule has 0 amide bonds. The van der Waals surface area contributed by atoms with Gasteiger partial charge in [0.05, 0.1) is 0 Å². The Morgan fingerprint density at radius 2 is 0.913 bits per heavy atom. The summed E-state index contributed by atoms with van der Waals surface area (Å²) in [6, 6.07) is 31.0. The van der Waals surface area contributed by atoms with Crippen molar-refractivity contribution >= 4 is 50.6 Å². The van der Waals surface area contributed by atoms with Crippen molar-refractivity contribution in [3.05, 3.63) is 84.9 Å². The van der Waals surface area contributed by atoms with Gasteiger partial charge in [-0.15, -0.1) is 0 Å². The third-order valence-electron chi connectivity index (χ3n) is 3.48. The van der Waals surface area contributed by atoms with Crippen molar-refractivity contribution in [3.8, 4) is 20.0 Å². The normalized spacial score (nSPS) is 10.8. The van der Waals surface area contributed by atoms with E-state index in [1.54, 1.807) is 6.67 Å². The second-order valence-electron chi connectivity index (χ2n) is 5.07. The predicted octanol–water partition coefficient (Wildman–Crippen LogP) is 2.79. The van der Waals surface area contributed by atoms with E-state index < -0.39 is 0 Å². The van der Waals surface area contributed by atoms with Crippen molar-refractivity contribution < 1.29 is 0 Å². The number of hydrogen-bond acceptors (Lipinski definition) is 0. The molecule has 0 fully saturated rings. The van der Waals surface area contributed by atoms with Gasteiger partial charge in [0.15, 0.2) is 0 Å². The van der Waals surface area contributed by atoms with Crippen LogP contribution in [-0.4, -0.2) is 44.0 Å². The topological polar surface area (TPSA) is 0 Å². The molecule has 0 N–H and O–H groups in total. The van der Waals surface area contributed by atoms with E-state index in [4.69, 9.17) is 0 Å². The third kappa shape index (κ3) is 3.73. The first kappa shape index (κ1) is 15.5. The van der Waals surface area contributed by atoms with Gasteiger partial charge in [0.25, 0.3) is 0 Å². The van der Waals surface area contributed by atoms with E-state index in [2.05, 4.69) is 84.9 Å². The summed E-state index contributed by atoms with van der Waals surface area (Å²) in [5.41, 5.74) is 2.78. The molecule has 0 saturated heterocycles. The van der Waals surface area contributed by atoms with Crippen LogP contribution in [0.1, 0.15) is 0 Å². The molecule has 4 aromatic rings. The fraction of sp³-hybridized carbons (Fsp3) is 0. The Hall–Kier alpha value is -1.04. The van der Waals surface area contributed by atoms with Gasteiger partial charge >= 0.3 is 156 Å². The molecule has 4 rings (SSSR count). The van der Waals surface area contributed by atoms with E-state index in [0.29, 0.717) is 44.0 Å². The average Bonchev–Trinajstić information content (AvgIpc) is 3.27. The van der Waals surface area contributed by atoms with E-state index in [0.717, 1.165) is 0 Å². The molecule has 23 heavy (non-hydrogen) atoms. The molecule has 3 heteroatoms. The Morgan fingerprint density at radius 1 is 0.478 bits per heavy atom. The molecule has 0 saturated carbocycles. The Balaban J connectivity index is 1.53. The van der Waals surface area contributed by atoms with E-state index >= 15 is 0 Å². The summed E-state index contributed by atoms with van der Waals surface area (Å²) in [6.45, 7) is 0. The van der Waals surface area contributed by atoms with Gasteiger partial charge in [0.1, 0.15) is 0 Å². The van der Waals surface area contributed by atoms with E-state index in [1.165, 1.54) is 20.0 Å². The molecule has 2 aromatic heterocycles. The zero-order chi connectivity index (χ0) is 15.5. The standard InChI is InChI=1S/C20H14Se3/c1-3-7-15(8-4-1)17-11-13-19(21-17)23-20-14-12-18(22-20)16-9-5-2-6-10-16/h1-14H. The number of hydrogen-bond donors (Lipinski definition) is 0. The van der Waals surface area contributed by atoms with Gasteiger partial charge in [-0.2, -0.15) is 0 Å². The van der Waals surface area contributed by atoms with Crippen LogP contribution >= 0.6 is 0 Å². The number of rotatable bonds is 4. The molecule has 2 heterocycles. The van der Waals surface area contributed by atoms with Crippen molar-refractivity contribution in [2.75, 3.05) is 0 Å². The molecule has 0 aliphatic carbocycles. The Morgan fingerprint density at radius 3 is 1.35 bits per heavy atom. The van der Waals surface area contributed by atoms with Crippen LogP contribution in [0, 0.1) is 0 Å². The summed E-state index contributed by atoms with van der Waals surface area (Å²) in [7, 11) is 0. The van der Waals surface area contributed by atoms with Gasteiger partial charge in [-0.25, -0.2) is 0 Å². The Bertz CT molecular complexity index is 813. The summed E-state index contributed by atoms with van der Waals surface area (Å²) >= 11 is 1.54. The average molecular weight is 491 g/mol. The molecular weight excluding hydrogens is 477 g/mol. The van der Waals surface area contributed by atoms with E-state index in [1.807, 2.05) is 0 Å². The third-order valence-corrected chi connectivity index (χ3v) is 12.4. The first-order valence-corrected chi connectivity index (χ1v) is 12.5. The monoisotopic (exact) mass is 494 g/mol. The minimum absolute atomic E-state index is 0.508. The minimum atomic E-state index is 0.508. The van der Waals surface area contributed by atoms with Crippen LogP contribution in [0.5, 0.6) is 0 Å². The second kappa shape index (κ2) is 7.24. The fourth-order valence-electron chi connectivity index (χ4n) is 2.36. The molecule has 0 nitrogen and oxygen atoms in total. The first-order chi connectivity index (χ1) is 11.4. The maximum absolute atomic E-state index is 2.37. The molecule has 0 bridgehead atoms. The molecule has 0 aliphatic heterocycles. The molecular formula is C20H14Se3. The van der Waals surface area contributed by atoms with Crippen LogP contribution < -0.4 is 6.67 Å². The van der Waals surface area contributed by atoms with Crippen molar-refractivity contribution in [1.82, 2.24) is 0 Å². The summed E-state index contributed by atoms with van der Waals surface area (Å²) in [6.07, 6.45) is 0. The summed E-state index contributed by atoms with van der Waals surface area (Å²) < 4.78 is 6.38. The molecule has 112 valence electrons. The molecule has 0 aliphatic rings. The molecule has 2 aromatic carbocycles. The first-order valence-electron chi connectivity index (χ1n) is 7.37. The Kier molecular flexibility index (Phi) is 4.87. The van der Waals surface area contributed by atoms with Gasteiger partial charge in [-0.05, 0) is 0 Å². The van der Waals surface area contributed by atoms with Crippen LogP contribution in [0.3, 0.4) is 0 Å². The second-order valence-corrected chi connectivity index (χ2v) is 14.5. The van der Waals surface area contributed by atoms with Crippen LogP contribution in [0.25, 0.3) is 20.0 Å². The van der Waals surface area contributed by atoms with Crippen molar-refractivity contribution in [2.24, 2.45) is 0 Å². The van der Waals surface area contributed by atoms with Gasteiger partial charge < -0.3 is 0 Å². The quantitative estimate of drug-likeness (QED) is 0.386. The zero-order valence-corrected chi connectivity index (χ0v) is 17.4. The molecule has 0 radical (unpaired) electrons. The summed E-state index contributed by atoms with van der Waals surface area (Å²) in [5, 5.41) is 0. The van der Waals surface area contributed by atoms with E-state index in [9.17, 15) is 0 Å². The van der Waals surface area contributed by atoms with Crippen LogP contribution in [0.4, 0.5) is 0 Å². The van der Waals surface area contributed by atoms with Crippen LogP contribution in [0.15, 0.2) is 84.9 Å². The Labute approximate surface area is 154 Å². The van der Waals surface area contributed by atoms with Crippen molar-refractivity contribution in [3.63, 3.8) is 0 Å². The van der Waals surface area contributed by atoms with Crippen LogP contribution in [-0.2, 0) is 0 Å². The molecule has 0 unspecified atom stereocenters. The predicted molar refractivity (Wildman–Crippen MR) is 103 cm³/mol. The van der Waals surface area contributed by atoms with Gasteiger partial charge in [0, 0.05) is 0 Å². The molecule has 0 atom stereocenters. The zero-order valence-electron chi connectivity index (χ0n) is 12.3. The van der Waals surface area contributed by atoms with Crippen molar-refractivity contribution in [2.45, 2.75) is 0 Å². The van der Waals surface area contributed by atoms with Crippen molar-refractivity contribution in [1.29, 1.82) is 0 Å². The summed E-state index contributed by atoms with van der Waals surface area (Å²) in [4.78, 5) is 0. The maximum atomic E-state index is 2.37. The SMILES string of the molecule is c1ccc(-c2ccc([Se]c3ccc(-c4ccccc4)[se]3)[se]2)cc1. The van der Waals surface area contributed by atoms with Crippen LogP contribution in [0.2, 0.25) is 0 Å². The van der Waals surface area contributed by atoms with Gasteiger partial charge in [0.2, 0.25) is 0 Å². The van der Waals surface area contributed by atoms with Gasteiger partial charge in [-0.1, -0.05) is 0 Å². The van der Waals surface area contributed by atoms with E-state index in [-0.39, 0.29) is 0 Å².